The number of hydrogen-bond donors (Lipinski definition) is 3. The second kappa shape index (κ2) is 7.62. The van der Waals surface area contributed by atoms with Crippen molar-refractivity contribution in [3.05, 3.63) is 48.5 Å². The highest BCUT2D eigenvalue weighted by atomic mass is 16.3. The lowest BCUT2D eigenvalue weighted by molar-refractivity contribution is -0.0387. The molecule has 1 fully saturated rings. The van der Waals surface area contributed by atoms with Gasteiger partial charge in [0.25, 0.3) is 0 Å². The molecule has 27 heavy (non-hydrogen) atoms. The fourth-order valence-corrected chi connectivity index (χ4v) is 3.89. The maximum absolute atomic E-state index is 10.4. The molecule has 3 unspecified atom stereocenters. The molecule has 1 aliphatic carbocycles. The van der Waals surface area contributed by atoms with Crippen LogP contribution in [-0.2, 0) is 6.42 Å². The van der Waals surface area contributed by atoms with Crippen LogP contribution in [0.2, 0.25) is 0 Å². The van der Waals surface area contributed by atoms with Crippen LogP contribution in [0.25, 0.3) is 11.2 Å². The Morgan fingerprint density at radius 3 is 2.78 bits per heavy atom. The Bertz CT molecular complexity index is 898. The zero-order chi connectivity index (χ0) is 18.8. The van der Waals surface area contributed by atoms with Crippen LogP contribution in [0.15, 0.2) is 43.0 Å². The SMILES string of the molecule is C[C@H](Cc1ccccc1)Nc1ncnc2c1ncn2C1CCCC(O)C1O. The molecule has 142 valence electrons. The lowest BCUT2D eigenvalue weighted by Crippen LogP contribution is -2.38. The zero-order valence-electron chi connectivity index (χ0n) is 15.4. The van der Waals surface area contributed by atoms with Gasteiger partial charge in [-0.3, -0.25) is 0 Å². The third-order valence-electron chi connectivity index (χ3n) is 5.27. The number of rotatable bonds is 5. The smallest absolute Gasteiger partial charge is 0.165 e. The molecule has 1 aromatic carbocycles. The van der Waals surface area contributed by atoms with Gasteiger partial charge in [0.1, 0.15) is 17.9 Å². The van der Waals surface area contributed by atoms with Crippen molar-refractivity contribution in [3.63, 3.8) is 0 Å². The molecule has 1 aliphatic rings. The first-order valence-electron chi connectivity index (χ1n) is 9.47. The average molecular weight is 367 g/mol. The first kappa shape index (κ1) is 17.9. The Labute approximate surface area is 158 Å². The molecule has 2 aromatic heterocycles. The molecular formula is C20H25N5O2. The summed E-state index contributed by atoms with van der Waals surface area (Å²) in [5.74, 6) is 0.688. The average Bonchev–Trinajstić information content (AvgIpc) is 3.10. The molecular weight excluding hydrogens is 342 g/mol. The molecule has 0 aliphatic heterocycles. The summed E-state index contributed by atoms with van der Waals surface area (Å²) in [6, 6.07) is 10.3. The van der Waals surface area contributed by atoms with Crippen molar-refractivity contribution < 1.29 is 10.2 Å². The van der Waals surface area contributed by atoms with Gasteiger partial charge in [0.15, 0.2) is 11.5 Å². The maximum Gasteiger partial charge on any atom is 0.165 e. The fourth-order valence-electron chi connectivity index (χ4n) is 3.89. The van der Waals surface area contributed by atoms with Crippen LogP contribution < -0.4 is 5.32 Å². The summed E-state index contributed by atoms with van der Waals surface area (Å²) in [4.78, 5) is 13.3. The number of aromatic nitrogens is 4. The van der Waals surface area contributed by atoms with E-state index in [2.05, 4.69) is 39.3 Å². The molecule has 0 saturated heterocycles. The van der Waals surface area contributed by atoms with Crippen molar-refractivity contribution in [2.45, 2.75) is 56.9 Å². The third-order valence-corrected chi connectivity index (χ3v) is 5.27. The molecule has 3 N–H and O–H groups in total. The number of nitrogens with zero attached hydrogens (tertiary/aromatic N) is 4. The molecule has 0 bridgehead atoms. The molecule has 0 amide bonds. The second-order valence-corrected chi connectivity index (χ2v) is 7.34. The number of anilines is 1. The molecule has 3 aromatic rings. The molecule has 0 radical (unpaired) electrons. The summed E-state index contributed by atoms with van der Waals surface area (Å²) >= 11 is 0. The van der Waals surface area contributed by atoms with Gasteiger partial charge in [-0.1, -0.05) is 30.3 Å². The topological polar surface area (TPSA) is 96.1 Å². The van der Waals surface area contributed by atoms with Gasteiger partial charge in [-0.05, 0) is 38.2 Å². The van der Waals surface area contributed by atoms with Gasteiger partial charge in [0, 0.05) is 6.04 Å². The zero-order valence-corrected chi connectivity index (χ0v) is 15.4. The van der Waals surface area contributed by atoms with Crippen LogP contribution in [0.3, 0.4) is 0 Å². The van der Waals surface area contributed by atoms with Crippen molar-refractivity contribution in [1.82, 2.24) is 19.5 Å². The summed E-state index contributed by atoms with van der Waals surface area (Å²) in [5.41, 5.74) is 2.62. The third kappa shape index (κ3) is 3.65. The van der Waals surface area contributed by atoms with E-state index in [1.807, 2.05) is 22.8 Å². The monoisotopic (exact) mass is 367 g/mol. The Kier molecular flexibility index (Phi) is 5.05. The highest BCUT2D eigenvalue weighted by Gasteiger charge is 2.33. The molecule has 2 heterocycles. The van der Waals surface area contributed by atoms with Gasteiger partial charge in [-0.15, -0.1) is 0 Å². The van der Waals surface area contributed by atoms with E-state index in [0.717, 1.165) is 19.3 Å². The van der Waals surface area contributed by atoms with Gasteiger partial charge >= 0.3 is 0 Å². The molecule has 4 rings (SSSR count). The van der Waals surface area contributed by atoms with Gasteiger partial charge in [0.2, 0.25) is 0 Å². The number of aliphatic hydroxyl groups is 2. The van der Waals surface area contributed by atoms with E-state index in [0.29, 0.717) is 23.4 Å². The van der Waals surface area contributed by atoms with Crippen LogP contribution in [0.4, 0.5) is 5.82 Å². The van der Waals surface area contributed by atoms with Crippen LogP contribution in [0.1, 0.15) is 37.8 Å². The minimum atomic E-state index is -0.806. The minimum absolute atomic E-state index is 0.178. The van der Waals surface area contributed by atoms with Crippen LogP contribution in [-0.4, -0.2) is 48.0 Å². The molecule has 7 heteroatoms. The van der Waals surface area contributed by atoms with Crippen molar-refractivity contribution >= 4 is 17.0 Å². The van der Waals surface area contributed by atoms with Crippen LogP contribution >= 0.6 is 0 Å². The Balaban J connectivity index is 1.57. The van der Waals surface area contributed by atoms with E-state index in [9.17, 15) is 10.2 Å². The Morgan fingerprint density at radius 1 is 1.15 bits per heavy atom. The van der Waals surface area contributed by atoms with Gasteiger partial charge < -0.3 is 20.1 Å². The second-order valence-electron chi connectivity index (χ2n) is 7.34. The number of imidazole rings is 1. The number of fused-ring (bicyclic) bond motifs is 1. The highest BCUT2D eigenvalue weighted by molar-refractivity contribution is 5.82. The Hall–Kier alpha value is -2.51. The first-order valence-corrected chi connectivity index (χ1v) is 9.47. The molecule has 0 spiro atoms. The molecule has 7 nitrogen and oxygen atoms in total. The van der Waals surface area contributed by atoms with Crippen LogP contribution in [0.5, 0.6) is 0 Å². The van der Waals surface area contributed by atoms with Crippen molar-refractivity contribution in [2.75, 3.05) is 5.32 Å². The van der Waals surface area contributed by atoms with E-state index in [-0.39, 0.29) is 12.1 Å². The van der Waals surface area contributed by atoms with E-state index in [1.54, 1.807) is 6.33 Å². The lowest BCUT2D eigenvalue weighted by atomic mass is 9.90. The minimum Gasteiger partial charge on any atom is -0.390 e. The number of hydrogen-bond acceptors (Lipinski definition) is 6. The normalized spacial score (nSPS) is 24.0. The first-order chi connectivity index (χ1) is 13.1. The van der Waals surface area contributed by atoms with Crippen molar-refractivity contribution in [3.8, 4) is 0 Å². The fraction of sp³-hybridized carbons (Fsp3) is 0.450. The van der Waals surface area contributed by atoms with Crippen LogP contribution in [0, 0.1) is 0 Å². The van der Waals surface area contributed by atoms with Gasteiger partial charge in [0.05, 0.1) is 18.5 Å². The standard InChI is InChI=1S/C20H25N5O2/c1-13(10-14-6-3-2-4-7-14)24-19-17-20(22-11-21-19)25(12-23-17)15-8-5-9-16(26)18(15)27/h2-4,6-7,11-13,15-16,18,26-27H,5,8-10H2,1H3,(H,21,22,24)/t13-,15?,16?,18?/m1/s1. The van der Waals surface area contributed by atoms with E-state index >= 15 is 0 Å². The number of nitrogens with one attached hydrogen (secondary N) is 1. The van der Waals surface area contributed by atoms with E-state index < -0.39 is 12.2 Å². The summed E-state index contributed by atoms with van der Waals surface area (Å²) in [6.07, 6.45) is 4.87. The quantitative estimate of drug-likeness (QED) is 0.640. The summed E-state index contributed by atoms with van der Waals surface area (Å²) in [7, 11) is 0. The lowest BCUT2D eigenvalue weighted by Gasteiger charge is -2.32. The summed E-state index contributed by atoms with van der Waals surface area (Å²) in [5, 5.41) is 23.8. The largest absolute Gasteiger partial charge is 0.390 e. The van der Waals surface area contributed by atoms with Crippen molar-refractivity contribution in [1.29, 1.82) is 0 Å². The number of benzene rings is 1. The predicted octanol–water partition coefficient (Wildman–Crippen LogP) is 2.32. The number of aliphatic hydroxyl groups excluding tert-OH is 2. The van der Waals surface area contributed by atoms with E-state index in [4.69, 9.17) is 0 Å². The van der Waals surface area contributed by atoms with E-state index in [1.165, 1.54) is 11.9 Å². The summed E-state index contributed by atoms with van der Waals surface area (Å²) < 4.78 is 1.87. The molecule has 1 saturated carbocycles. The molecule has 4 atom stereocenters. The summed E-state index contributed by atoms with van der Waals surface area (Å²) in [6.45, 7) is 2.11. The predicted molar refractivity (Wildman–Crippen MR) is 103 cm³/mol. The highest BCUT2D eigenvalue weighted by Crippen LogP contribution is 2.32. The van der Waals surface area contributed by atoms with Crippen molar-refractivity contribution in [2.24, 2.45) is 0 Å². The van der Waals surface area contributed by atoms with Gasteiger partial charge in [-0.2, -0.15) is 0 Å². The maximum atomic E-state index is 10.4. The van der Waals surface area contributed by atoms with Gasteiger partial charge in [-0.25, -0.2) is 15.0 Å². The Morgan fingerprint density at radius 2 is 1.96 bits per heavy atom.